The first-order chi connectivity index (χ1) is 9.40. The molecule has 1 aliphatic carbocycles. The number of ether oxygens (including phenoxy) is 1. The van der Waals surface area contributed by atoms with Crippen LogP contribution in [0.25, 0.3) is 0 Å². The van der Waals surface area contributed by atoms with E-state index in [-0.39, 0.29) is 11.8 Å². The molecule has 20 heavy (non-hydrogen) atoms. The second-order valence-electron chi connectivity index (χ2n) is 5.35. The number of alkyl halides is 3. The van der Waals surface area contributed by atoms with E-state index in [0.717, 1.165) is 12.1 Å². The molecule has 112 valence electrons. The van der Waals surface area contributed by atoms with E-state index in [1.54, 1.807) is 6.07 Å². The monoisotopic (exact) mass is 287 g/mol. The van der Waals surface area contributed by atoms with Gasteiger partial charge < -0.3 is 10.1 Å². The lowest BCUT2D eigenvalue weighted by atomic mass is 9.90. The summed E-state index contributed by atoms with van der Waals surface area (Å²) in [5.74, 6) is 0.934. The molecule has 5 heteroatoms. The summed E-state index contributed by atoms with van der Waals surface area (Å²) in [6.07, 6.45) is -2.22. The normalized spacial score (nSPS) is 18.6. The van der Waals surface area contributed by atoms with Gasteiger partial charge in [0.15, 0.2) is 0 Å². The van der Waals surface area contributed by atoms with Crippen molar-refractivity contribution >= 4 is 0 Å². The van der Waals surface area contributed by atoms with E-state index in [0.29, 0.717) is 11.8 Å². The average molecular weight is 287 g/mol. The van der Waals surface area contributed by atoms with Crippen LogP contribution in [0.2, 0.25) is 0 Å². The predicted octanol–water partition coefficient (Wildman–Crippen LogP) is 4.28. The minimum Gasteiger partial charge on any atom is -0.406 e. The Morgan fingerprint density at radius 3 is 2.60 bits per heavy atom. The summed E-state index contributed by atoms with van der Waals surface area (Å²) in [6.45, 7) is 4.94. The maximum absolute atomic E-state index is 12.3. The molecule has 1 fully saturated rings. The predicted molar refractivity (Wildman–Crippen MR) is 71.4 cm³/mol. The Bertz CT molecular complexity index is 443. The van der Waals surface area contributed by atoms with Crippen LogP contribution in [0.1, 0.15) is 38.3 Å². The van der Waals surface area contributed by atoms with E-state index < -0.39 is 6.36 Å². The third kappa shape index (κ3) is 4.13. The molecule has 1 aromatic carbocycles. The van der Waals surface area contributed by atoms with Crippen molar-refractivity contribution in [2.24, 2.45) is 11.8 Å². The molecule has 1 saturated carbocycles. The minimum atomic E-state index is -4.64. The molecular formula is C15H20F3NO. The van der Waals surface area contributed by atoms with Gasteiger partial charge in [-0.15, -0.1) is 13.2 Å². The van der Waals surface area contributed by atoms with Gasteiger partial charge in [-0.1, -0.05) is 26.0 Å². The van der Waals surface area contributed by atoms with E-state index >= 15 is 0 Å². The molecule has 2 unspecified atom stereocenters. The Kier molecular flexibility index (Phi) is 4.58. The van der Waals surface area contributed by atoms with Crippen molar-refractivity contribution in [2.75, 3.05) is 6.54 Å². The van der Waals surface area contributed by atoms with Crippen molar-refractivity contribution in [1.82, 2.24) is 5.32 Å². The van der Waals surface area contributed by atoms with Gasteiger partial charge in [-0.05, 0) is 48.9 Å². The molecule has 1 aliphatic rings. The number of hydrogen-bond acceptors (Lipinski definition) is 2. The fourth-order valence-electron chi connectivity index (χ4n) is 2.63. The Labute approximate surface area is 117 Å². The fourth-order valence-corrected chi connectivity index (χ4v) is 2.63. The van der Waals surface area contributed by atoms with Crippen LogP contribution in [0.4, 0.5) is 13.2 Å². The molecular weight excluding hydrogens is 267 g/mol. The molecule has 0 bridgehead atoms. The summed E-state index contributed by atoms with van der Waals surface area (Å²) in [6, 6.07) is 6.36. The van der Waals surface area contributed by atoms with Gasteiger partial charge in [0.2, 0.25) is 0 Å². The van der Waals surface area contributed by atoms with E-state index in [1.807, 2.05) is 13.0 Å². The third-order valence-electron chi connectivity index (χ3n) is 3.77. The lowest BCUT2D eigenvalue weighted by molar-refractivity contribution is -0.274. The summed E-state index contributed by atoms with van der Waals surface area (Å²) in [7, 11) is 0. The van der Waals surface area contributed by atoms with Crippen LogP contribution in [0.15, 0.2) is 24.3 Å². The molecule has 0 heterocycles. The third-order valence-corrected chi connectivity index (χ3v) is 3.77. The molecule has 0 amide bonds. The molecule has 0 saturated heterocycles. The largest absolute Gasteiger partial charge is 0.573 e. The fraction of sp³-hybridized carbons (Fsp3) is 0.600. The second-order valence-corrected chi connectivity index (χ2v) is 5.35. The summed E-state index contributed by atoms with van der Waals surface area (Å²) < 4.78 is 40.8. The van der Waals surface area contributed by atoms with Crippen LogP contribution < -0.4 is 10.1 Å². The maximum Gasteiger partial charge on any atom is 0.573 e. The minimum absolute atomic E-state index is 0.0734. The van der Waals surface area contributed by atoms with Gasteiger partial charge in [-0.2, -0.15) is 0 Å². The molecule has 2 atom stereocenters. The van der Waals surface area contributed by atoms with Gasteiger partial charge in [0, 0.05) is 6.04 Å². The number of hydrogen-bond donors (Lipinski definition) is 1. The molecule has 0 spiro atoms. The highest BCUT2D eigenvalue weighted by atomic mass is 19.4. The summed E-state index contributed by atoms with van der Waals surface area (Å²) in [5, 5.41) is 3.37. The average Bonchev–Trinajstić information content (AvgIpc) is 3.17. The summed E-state index contributed by atoms with van der Waals surface area (Å²) >= 11 is 0. The van der Waals surface area contributed by atoms with E-state index in [1.165, 1.54) is 25.0 Å². The van der Waals surface area contributed by atoms with Crippen molar-refractivity contribution in [3.05, 3.63) is 29.8 Å². The Morgan fingerprint density at radius 1 is 1.35 bits per heavy atom. The lowest BCUT2D eigenvalue weighted by Crippen LogP contribution is -2.28. The highest BCUT2D eigenvalue weighted by Gasteiger charge is 2.34. The second kappa shape index (κ2) is 6.04. The number of benzene rings is 1. The van der Waals surface area contributed by atoms with E-state index in [9.17, 15) is 13.2 Å². The van der Waals surface area contributed by atoms with E-state index in [2.05, 4.69) is 17.0 Å². The van der Waals surface area contributed by atoms with Gasteiger partial charge in [-0.3, -0.25) is 0 Å². The Balaban J connectivity index is 2.17. The number of rotatable bonds is 6. The molecule has 0 aliphatic heterocycles. The first-order valence-electron chi connectivity index (χ1n) is 7.00. The lowest BCUT2D eigenvalue weighted by Gasteiger charge is -2.25. The Morgan fingerprint density at radius 2 is 2.05 bits per heavy atom. The standard InChI is InChI=1S/C15H20F3NO/c1-3-19-14(10(2)11-7-8-11)12-5-4-6-13(9-12)20-15(16,17)18/h4-6,9-11,14,19H,3,7-8H2,1-2H3. The quantitative estimate of drug-likeness (QED) is 0.843. The van der Waals surface area contributed by atoms with Gasteiger partial charge >= 0.3 is 6.36 Å². The Hall–Kier alpha value is -1.23. The van der Waals surface area contributed by atoms with E-state index in [4.69, 9.17) is 0 Å². The van der Waals surface area contributed by atoms with Crippen LogP contribution >= 0.6 is 0 Å². The van der Waals surface area contributed by atoms with Crippen molar-refractivity contribution in [3.63, 3.8) is 0 Å². The van der Waals surface area contributed by atoms with Crippen molar-refractivity contribution < 1.29 is 17.9 Å². The zero-order valence-corrected chi connectivity index (χ0v) is 11.7. The number of nitrogens with one attached hydrogen (secondary N) is 1. The van der Waals surface area contributed by atoms with Crippen molar-refractivity contribution in [2.45, 2.75) is 39.1 Å². The molecule has 2 rings (SSSR count). The van der Waals surface area contributed by atoms with Gasteiger partial charge in [0.1, 0.15) is 5.75 Å². The van der Waals surface area contributed by atoms with Crippen LogP contribution in [0, 0.1) is 11.8 Å². The van der Waals surface area contributed by atoms with Gasteiger partial charge in [0.25, 0.3) is 0 Å². The van der Waals surface area contributed by atoms with Crippen molar-refractivity contribution in [1.29, 1.82) is 0 Å². The molecule has 0 aromatic heterocycles. The van der Waals surface area contributed by atoms with Crippen molar-refractivity contribution in [3.8, 4) is 5.75 Å². The zero-order chi connectivity index (χ0) is 14.8. The van der Waals surface area contributed by atoms with Gasteiger partial charge in [0.05, 0.1) is 0 Å². The smallest absolute Gasteiger partial charge is 0.406 e. The molecule has 1 N–H and O–H groups in total. The zero-order valence-electron chi connectivity index (χ0n) is 11.7. The highest BCUT2D eigenvalue weighted by Crippen LogP contribution is 2.43. The summed E-state index contributed by atoms with van der Waals surface area (Å²) in [5.41, 5.74) is 0.855. The van der Waals surface area contributed by atoms with Gasteiger partial charge in [-0.25, -0.2) is 0 Å². The molecule has 0 radical (unpaired) electrons. The SMILES string of the molecule is CCNC(c1cccc(OC(F)(F)F)c1)C(C)C1CC1. The first-order valence-corrected chi connectivity index (χ1v) is 7.00. The van der Waals surface area contributed by atoms with Crippen LogP contribution in [-0.4, -0.2) is 12.9 Å². The maximum atomic E-state index is 12.3. The highest BCUT2D eigenvalue weighted by molar-refractivity contribution is 5.31. The number of halogens is 3. The summed E-state index contributed by atoms with van der Waals surface area (Å²) in [4.78, 5) is 0. The van der Waals surface area contributed by atoms with Crippen LogP contribution in [0.3, 0.4) is 0 Å². The molecule has 1 aromatic rings. The van der Waals surface area contributed by atoms with Crippen LogP contribution in [0.5, 0.6) is 5.75 Å². The molecule has 2 nitrogen and oxygen atoms in total. The first kappa shape index (κ1) is 15.2. The topological polar surface area (TPSA) is 21.3 Å². The van der Waals surface area contributed by atoms with Crippen LogP contribution in [-0.2, 0) is 0 Å².